The fourth-order valence-corrected chi connectivity index (χ4v) is 4.01. The molecular formula is C16H17ClINO. The van der Waals surface area contributed by atoms with Crippen molar-refractivity contribution in [2.75, 3.05) is 6.54 Å². The monoisotopic (exact) mass is 401 g/mol. The first-order valence-corrected chi connectivity index (χ1v) is 7.59. The van der Waals surface area contributed by atoms with Gasteiger partial charge in [0.25, 0.3) is 0 Å². The molecule has 0 bridgehead atoms. The molecule has 0 spiro atoms. The van der Waals surface area contributed by atoms with Gasteiger partial charge in [-0.15, -0.1) is 12.4 Å². The molecule has 0 fully saturated rings. The summed E-state index contributed by atoms with van der Waals surface area (Å²) in [6.07, 6.45) is 1.10. The van der Waals surface area contributed by atoms with Crippen LogP contribution in [0.1, 0.15) is 24.1 Å². The van der Waals surface area contributed by atoms with E-state index in [4.69, 9.17) is 0 Å². The van der Waals surface area contributed by atoms with Gasteiger partial charge in [-0.2, -0.15) is 0 Å². The van der Waals surface area contributed by atoms with Gasteiger partial charge in [0.15, 0.2) is 0 Å². The van der Waals surface area contributed by atoms with E-state index in [1.54, 1.807) is 12.1 Å². The number of hydrogen-bond donors (Lipinski definition) is 2. The Bertz CT molecular complexity index is 613. The Kier molecular flexibility index (Phi) is 4.94. The Balaban J connectivity index is 0.00000147. The van der Waals surface area contributed by atoms with Crippen LogP contribution in [0.25, 0.3) is 11.1 Å². The van der Waals surface area contributed by atoms with E-state index in [1.807, 2.05) is 12.1 Å². The van der Waals surface area contributed by atoms with E-state index in [-0.39, 0.29) is 12.4 Å². The predicted octanol–water partition coefficient (Wildman–Crippen LogP) is 4.29. The van der Waals surface area contributed by atoms with Crippen molar-refractivity contribution in [3.05, 3.63) is 51.1 Å². The molecule has 0 radical (unpaired) electrons. The van der Waals surface area contributed by atoms with E-state index in [0.717, 1.165) is 18.5 Å². The maximum Gasteiger partial charge on any atom is 0.115 e. The lowest BCUT2D eigenvalue weighted by molar-refractivity contribution is 0.475. The van der Waals surface area contributed by atoms with Gasteiger partial charge in [0.2, 0.25) is 0 Å². The third-order valence-electron chi connectivity index (χ3n) is 3.73. The van der Waals surface area contributed by atoms with E-state index in [1.165, 1.54) is 20.3 Å². The number of phenols is 1. The molecule has 0 saturated carbocycles. The molecule has 2 aromatic rings. The Morgan fingerprint density at radius 1 is 1.15 bits per heavy atom. The fourth-order valence-electron chi connectivity index (χ4n) is 2.71. The molecule has 2 nitrogen and oxygen atoms in total. The molecule has 1 aliphatic heterocycles. The van der Waals surface area contributed by atoms with E-state index in [9.17, 15) is 5.11 Å². The van der Waals surface area contributed by atoms with Crippen molar-refractivity contribution in [1.29, 1.82) is 0 Å². The maximum atomic E-state index is 9.40. The van der Waals surface area contributed by atoms with Crippen LogP contribution < -0.4 is 5.32 Å². The van der Waals surface area contributed by atoms with E-state index < -0.39 is 0 Å². The maximum absolute atomic E-state index is 9.40. The summed E-state index contributed by atoms with van der Waals surface area (Å²) in [5.41, 5.74) is 5.29. The Hall–Kier alpha value is -0.780. The van der Waals surface area contributed by atoms with Gasteiger partial charge < -0.3 is 10.4 Å². The molecule has 106 valence electrons. The van der Waals surface area contributed by atoms with Crippen LogP contribution in [0, 0.1) is 3.57 Å². The highest BCUT2D eigenvalue weighted by Gasteiger charge is 2.20. The number of halogens is 2. The van der Waals surface area contributed by atoms with Crippen LogP contribution in [0.4, 0.5) is 0 Å². The highest BCUT2D eigenvalue weighted by Crippen LogP contribution is 2.35. The largest absolute Gasteiger partial charge is 0.508 e. The SMILES string of the molecule is CC1NCCc2ccc(-c3ccc(O)cc3)c(I)c21.Cl. The molecule has 0 aliphatic carbocycles. The summed E-state index contributed by atoms with van der Waals surface area (Å²) >= 11 is 2.45. The number of hydrogen-bond acceptors (Lipinski definition) is 2. The smallest absolute Gasteiger partial charge is 0.115 e. The third kappa shape index (κ3) is 2.80. The van der Waals surface area contributed by atoms with Gasteiger partial charge in [-0.1, -0.05) is 24.3 Å². The van der Waals surface area contributed by atoms with Gasteiger partial charge >= 0.3 is 0 Å². The summed E-state index contributed by atoms with van der Waals surface area (Å²) in [6.45, 7) is 3.28. The molecular weight excluding hydrogens is 385 g/mol. The quantitative estimate of drug-likeness (QED) is 0.699. The Morgan fingerprint density at radius 3 is 2.55 bits per heavy atom. The molecule has 20 heavy (non-hydrogen) atoms. The first kappa shape index (κ1) is 15.6. The first-order chi connectivity index (χ1) is 9.16. The summed E-state index contributed by atoms with van der Waals surface area (Å²) in [4.78, 5) is 0. The van der Waals surface area contributed by atoms with Crippen LogP contribution in [0.2, 0.25) is 0 Å². The minimum Gasteiger partial charge on any atom is -0.508 e. The summed E-state index contributed by atoms with van der Waals surface area (Å²) in [7, 11) is 0. The van der Waals surface area contributed by atoms with Crippen molar-refractivity contribution in [2.45, 2.75) is 19.4 Å². The standard InChI is InChI=1S/C16H16INO.ClH/c1-10-15-12(8-9-18-10)4-7-14(16(15)17)11-2-5-13(19)6-3-11;/h2-7,10,18-19H,8-9H2,1H3;1H. The van der Waals surface area contributed by atoms with Gasteiger partial charge in [0.1, 0.15) is 5.75 Å². The number of fused-ring (bicyclic) bond motifs is 1. The lowest BCUT2D eigenvalue weighted by Crippen LogP contribution is -2.28. The van der Waals surface area contributed by atoms with Crippen LogP contribution in [0.15, 0.2) is 36.4 Å². The molecule has 1 aliphatic rings. The van der Waals surface area contributed by atoms with Crippen LogP contribution in [-0.4, -0.2) is 11.7 Å². The van der Waals surface area contributed by atoms with Gasteiger partial charge in [-0.25, -0.2) is 0 Å². The zero-order chi connectivity index (χ0) is 13.4. The summed E-state index contributed by atoms with van der Waals surface area (Å²) in [6, 6.07) is 12.3. The highest BCUT2D eigenvalue weighted by atomic mass is 127. The van der Waals surface area contributed by atoms with Crippen molar-refractivity contribution in [1.82, 2.24) is 5.32 Å². The molecule has 0 aromatic heterocycles. The van der Waals surface area contributed by atoms with E-state index in [2.05, 4.69) is 47.0 Å². The molecule has 3 rings (SSSR count). The van der Waals surface area contributed by atoms with Crippen molar-refractivity contribution in [3.63, 3.8) is 0 Å². The minimum atomic E-state index is 0. The van der Waals surface area contributed by atoms with E-state index in [0.29, 0.717) is 11.8 Å². The molecule has 2 N–H and O–H groups in total. The van der Waals surface area contributed by atoms with Gasteiger partial charge in [0, 0.05) is 9.61 Å². The van der Waals surface area contributed by atoms with Crippen LogP contribution in [0.5, 0.6) is 5.75 Å². The number of phenolic OH excluding ortho intramolecular Hbond substituents is 1. The Labute approximate surface area is 139 Å². The van der Waals surface area contributed by atoms with Crippen molar-refractivity contribution in [2.24, 2.45) is 0 Å². The fraction of sp³-hybridized carbons (Fsp3) is 0.250. The van der Waals surface area contributed by atoms with Gasteiger partial charge in [-0.3, -0.25) is 0 Å². The third-order valence-corrected chi connectivity index (χ3v) is 4.89. The lowest BCUT2D eigenvalue weighted by atomic mass is 9.91. The van der Waals surface area contributed by atoms with Gasteiger partial charge in [-0.05, 0) is 76.9 Å². The van der Waals surface area contributed by atoms with Crippen LogP contribution in [0.3, 0.4) is 0 Å². The first-order valence-electron chi connectivity index (χ1n) is 6.51. The average molecular weight is 402 g/mol. The minimum absolute atomic E-state index is 0. The highest BCUT2D eigenvalue weighted by molar-refractivity contribution is 14.1. The summed E-state index contributed by atoms with van der Waals surface area (Å²) < 4.78 is 1.32. The zero-order valence-corrected chi connectivity index (χ0v) is 14.2. The molecule has 1 heterocycles. The van der Waals surface area contributed by atoms with Gasteiger partial charge in [0.05, 0.1) is 0 Å². The summed E-state index contributed by atoms with van der Waals surface area (Å²) in [5.74, 6) is 0.312. The predicted molar refractivity (Wildman–Crippen MR) is 93.6 cm³/mol. The average Bonchev–Trinajstić information content (AvgIpc) is 2.40. The molecule has 1 unspecified atom stereocenters. The molecule has 4 heteroatoms. The topological polar surface area (TPSA) is 32.3 Å². The number of nitrogens with one attached hydrogen (secondary N) is 1. The van der Waals surface area contributed by atoms with Crippen LogP contribution in [-0.2, 0) is 6.42 Å². The zero-order valence-electron chi connectivity index (χ0n) is 11.2. The van der Waals surface area contributed by atoms with Crippen molar-refractivity contribution < 1.29 is 5.11 Å². The normalized spacial score (nSPS) is 17.2. The van der Waals surface area contributed by atoms with Crippen molar-refractivity contribution in [3.8, 4) is 16.9 Å². The number of aromatic hydroxyl groups is 1. The van der Waals surface area contributed by atoms with Crippen LogP contribution >= 0.6 is 35.0 Å². The second-order valence-corrected chi connectivity index (χ2v) is 6.05. The van der Waals surface area contributed by atoms with Crippen molar-refractivity contribution >= 4 is 35.0 Å². The second kappa shape index (κ2) is 6.33. The number of rotatable bonds is 1. The Morgan fingerprint density at radius 2 is 1.85 bits per heavy atom. The molecule has 1 atom stereocenters. The number of benzene rings is 2. The second-order valence-electron chi connectivity index (χ2n) is 4.97. The summed E-state index contributed by atoms with van der Waals surface area (Å²) in [5, 5.41) is 12.9. The molecule has 2 aromatic carbocycles. The van der Waals surface area contributed by atoms with E-state index >= 15 is 0 Å². The molecule has 0 amide bonds. The molecule has 0 saturated heterocycles. The lowest BCUT2D eigenvalue weighted by Gasteiger charge is -2.26.